The van der Waals surface area contributed by atoms with Gasteiger partial charge in [0.1, 0.15) is 0 Å². The first kappa shape index (κ1) is 18.8. The maximum absolute atomic E-state index is 11.8. The molecular weight excluding hydrogens is 394 g/mol. The Morgan fingerprint density at radius 2 is 2.07 bits per heavy atom. The first-order chi connectivity index (χ1) is 13.4. The van der Waals surface area contributed by atoms with Gasteiger partial charge in [-0.3, -0.25) is 10.1 Å². The van der Waals surface area contributed by atoms with Crippen LogP contribution in [0.1, 0.15) is 29.4 Å². The normalized spacial score (nSPS) is 18.7. The van der Waals surface area contributed by atoms with E-state index < -0.39 is 9.84 Å². The van der Waals surface area contributed by atoms with E-state index in [0.717, 1.165) is 28.2 Å². The molecule has 1 fully saturated rings. The van der Waals surface area contributed by atoms with Crippen molar-refractivity contribution in [3.63, 3.8) is 0 Å². The molecule has 0 amide bonds. The number of thiazole rings is 1. The zero-order valence-electron chi connectivity index (χ0n) is 15.7. The molecule has 1 aliphatic heterocycles. The minimum Gasteiger partial charge on any atom is -0.265 e. The van der Waals surface area contributed by atoms with Crippen molar-refractivity contribution in [3.05, 3.63) is 52.7 Å². The average molecular weight is 416 g/mol. The van der Waals surface area contributed by atoms with Gasteiger partial charge in [-0.15, -0.1) is 11.3 Å². The molecule has 0 radical (unpaired) electrons. The molecule has 1 aromatic carbocycles. The highest BCUT2D eigenvalue weighted by molar-refractivity contribution is 7.91. The molecule has 0 unspecified atom stereocenters. The Balaban J connectivity index is 1.48. The van der Waals surface area contributed by atoms with Crippen molar-refractivity contribution in [2.45, 2.75) is 26.3 Å². The summed E-state index contributed by atoms with van der Waals surface area (Å²) in [6.07, 6.45) is 2.34. The fraction of sp³-hybridized carbons (Fsp3) is 0.316. The highest BCUT2D eigenvalue weighted by Gasteiger charge is 2.31. The van der Waals surface area contributed by atoms with Crippen molar-refractivity contribution >= 4 is 32.5 Å². The van der Waals surface area contributed by atoms with Crippen molar-refractivity contribution in [2.75, 3.05) is 16.9 Å². The summed E-state index contributed by atoms with van der Waals surface area (Å²) < 4.78 is 25.4. The Labute approximate surface area is 168 Å². The molecule has 0 spiro atoms. The molecular formula is C19H21N5O2S2. The van der Waals surface area contributed by atoms with Crippen LogP contribution in [0, 0.1) is 13.8 Å². The number of benzene rings is 1. The summed E-state index contributed by atoms with van der Waals surface area (Å²) in [5.41, 5.74) is 7.60. The molecule has 2 aromatic heterocycles. The number of hydrogen-bond acceptors (Lipinski definition) is 7. The van der Waals surface area contributed by atoms with E-state index in [-0.39, 0.29) is 17.5 Å². The number of nitrogens with zero attached hydrogens (tertiary/aromatic N) is 4. The van der Waals surface area contributed by atoms with Gasteiger partial charge in [0.25, 0.3) is 0 Å². The van der Waals surface area contributed by atoms with Gasteiger partial charge in [-0.05, 0) is 20.3 Å². The monoisotopic (exact) mass is 415 g/mol. The number of aromatic nitrogens is 3. The molecule has 9 heteroatoms. The summed E-state index contributed by atoms with van der Waals surface area (Å²) in [6, 6.07) is 9.90. The van der Waals surface area contributed by atoms with Gasteiger partial charge >= 0.3 is 0 Å². The van der Waals surface area contributed by atoms with Crippen LogP contribution >= 0.6 is 11.3 Å². The van der Waals surface area contributed by atoms with Gasteiger partial charge in [-0.2, -0.15) is 10.2 Å². The Morgan fingerprint density at radius 3 is 2.79 bits per heavy atom. The van der Waals surface area contributed by atoms with Gasteiger partial charge in [0.15, 0.2) is 9.84 Å². The molecule has 1 N–H and O–H groups in total. The van der Waals surface area contributed by atoms with Crippen molar-refractivity contribution in [1.29, 1.82) is 0 Å². The SMILES string of the molecule is Cc1nn([C@H]2CCS(=O)(=O)C2)c(C)c1/C=N\Nc1nc(-c2ccccc2)cs1. The maximum Gasteiger partial charge on any atom is 0.203 e. The van der Waals surface area contributed by atoms with E-state index in [1.165, 1.54) is 11.3 Å². The summed E-state index contributed by atoms with van der Waals surface area (Å²) in [5, 5.41) is 11.6. The Morgan fingerprint density at radius 1 is 1.29 bits per heavy atom. The number of hydrazone groups is 1. The van der Waals surface area contributed by atoms with Crippen LogP contribution in [0.5, 0.6) is 0 Å². The van der Waals surface area contributed by atoms with Crippen LogP contribution < -0.4 is 5.43 Å². The molecule has 1 saturated heterocycles. The van der Waals surface area contributed by atoms with Crippen LogP contribution in [0.2, 0.25) is 0 Å². The predicted octanol–water partition coefficient (Wildman–Crippen LogP) is 3.43. The molecule has 4 rings (SSSR count). The van der Waals surface area contributed by atoms with Gasteiger partial charge in [-0.25, -0.2) is 13.4 Å². The Kier molecular flexibility index (Phi) is 5.03. The number of rotatable bonds is 5. The summed E-state index contributed by atoms with van der Waals surface area (Å²) in [4.78, 5) is 4.55. The number of anilines is 1. The molecule has 7 nitrogen and oxygen atoms in total. The molecule has 0 bridgehead atoms. The fourth-order valence-electron chi connectivity index (χ4n) is 3.40. The summed E-state index contributed by atoms with van der Waals surface area (Å²) in [7, 11) is -2.95. The predicted molar refractivity (Wildman–Crippen MR) is 113 cm³/mol. The lowest BCUT2D eigenvalue weighted by atomic mass is 10.2. The van der Waals surface area contributed by atoms with E-state index in [2.05, 4.69) is 20.6 Å². The van der Waals surface area contributed by atoms with Gasteiger partial charge in [0.05, 0.1) is 35.2 Å². The van der Waals surface area contributed by atoms with Crippen LogP contribution in [0.4, 0.5) is 5.13 Å². The zero-order chi connectivity index (χ0) is 19.7. The van der Waals surface area contributed by atoms with E-state index in [1.54, 1.807) is 6.21 Å². The molecule has 28 heavy (non-hydrogen) atoms. The molecule has 146 valence electrons. The van der Waals surface area contributed by atoms with Crippen LogP contribution in [-0.2, 0) is 9.84 Å². The average Bonchev–Trinajstić information content (AvgIpc) is 3.36. The van der Waals surface area contributed by atoms with Crippen molar-refractivity contribution in [2.24, 2.45) is 5.10 Å². The second-order valence-electron chi connectivity index (χ2n) is 6.86. The number of hydrogen-bond donors (Lipinski definition) is 1. The van der Waals surface area contributed by atoms with Crippen molar-refractivity contribution in [3.8, 4) is 11.3 Å². The van der Waals surface area contributed by atoms with Gasteiger partial charge in [-0.1, -0.05) is 30.3 Å². The first-order valence-electron chi connectivity index (χ1n) is 8.99. The fourth-order valence-corrected chi connectivity index (χ4v) is 5.77. The first-order valence-corrected chi connectivity index (χ1v) is 11.7. The lowest BCUT2D eigenvalue weighted by Crippen LogP contribution is -2.14. The number of aryl methyl sites for hydroxylation is 1. The van der Waals surface area contributed by atoms with E-state index in [9.17, 15) is 8.42 Å². The third kappa shape index (κ3) is 3.85. The van der Waals surface area contributed by atoms with Gasteiger partial charge < -0.3 is 0 Å². The summed E-state index contributed by atoms with van der Waals surface area (Å²) in [6.45, 7) is 3.86. The standard InChI is InChI=1S/C19H21N5O2S2/c1-13-17(14(2)24(23-13)16-8-9-28(25,26)12-16)10-20-22-19-21-18(11-27-19)15-6-4-3-5-7-15/h3-7,10-11,16H,8-9,12H2,1-2H3,(H,21,22)/b20-10-/t16-/m0/s1. The minimum atomic E-state index is -2.95. The van der Waals surface area contributed by atoms with Crippen LogP contribution in [0.3, 0.4) is 0 Å². The topological polar surface area (TPSA) is 89.2 Å². The van der Waals surface area contributed by atoms with Crippen molar-refractivity contribution < 1.29 is 8.42 Å². The largest absolute Gasteiger partial charge is 0.265 e. The van der Waals surface area contributed by atoms with Gasteiger partial charge in [0, 0.05) is 22.2 Å². The van der Waals surface area contributed by atoms with Gasteiger partial charge in [0.2, 0.25) is 5.13 Å². The maximum atomic E-state index is 11.8. The third-order valence-electron chi connectivity index (χ3n) is 4.86. The lowest BCUT2D eigenvalue weighted by Gasteiger charge is -2.10. The second-order valence-corrected chi connectivity index (χ2v) is 9.95. The molecule has 1 aliphatic rings. The van der Waals surface area contributed by atoms with Crippen LogP contribution in [-0.4, -0.2) is 40.9 Å². The third-order valence-corrected chi connectivity index (χ3v) is 7.36. The second kappa shape index (κ2) is 7.48. The number of nitrogens with one attached hydrogen (secondary N) is 1. The van der Waals surface area contributed by atoms with E-state index in [0.29, 0.717) is 11.6 Å². The minimum absolute atomic E-state index is 0.0915. The highest BCUT2D eigenvalue weighted by Crippen LogP contribution is 2.27. The van der Waals surface area contributed by atoms with E-state index >= 15 is 0 Å². The molecule has 3 heterocycles. The molecule has 3 aromatic rings. The van der Waals surface area contributed by atoms with Crippen LogP contribution in [0.25, 0.3) is 11.3 Å². The van der Waals surface area contributed by atoms with Crippen LogP contribution in [0.15, 0.2) is 40.8 Å². The highest BCUT2D eigenvalue weighted by atomic mass is 32.2. The quantitative estimate of drug-likeness (QED) is 0.509. The molecule has 1 atom stereocenters. The van der Waals surface area contributed by atoms with E-state index in [4.69, 9.17) is 0 Å². The van der Waals surface area contributed by atoms with Crippen molar-refractivity contribution in [1.82, 2.24) is 14.8 Å². The summed E-state index contributed by atoms with van der Waals surface area (Å²) >= 11 is 1.49. The lowest BCUT2D eigenvalue weighted by molar-refractivity contribution is 0.486. The smallest absolute Gasteiger partial charge is 0.203 e. The van der Waals surface area contributed by atoms with E-state index in [1.807, 2.05) is 54.2 Å². The molecule has 0 aliphatic carbocycles. The summed E-state index contributed by atoms with van der Waals surface area (Å²) in [5.74, 6) is 0.389. The Hall–Kier alpha value is -2.52. The Bertz CT molecular complexity index is 1120. The number of sulfone groups is 1. The molecule has 0 saturated carbocycles. The zero-order valence-corrected chi connectivity index (χ0v) is 17.3.